The minimum absolute atomic E-state index is 0.316. The number of nitrogens with two attached hydrogens (primary N) is 1. The lowest BCUT2D eigenvalue weighted by molar-refractivity contribution is 0.304. The maximum Gasteiger partial charge on any atom is 0.131 e. The zero-order chi connectivity index (χ0) is 14.7. The molecule has 0 aromatic heterocycles. The van der Waals surface area contributed by atoms with Gasteiger partial charge in [-0.2, -0.15) is 0 Å². The van der Waals surface area contributed by atoms with Crippen molar-refractivity contribution in [3.63, 3.8) is 0 Å². The van der Waals surface area contributed by atoms with E-state index in [4.69, 9.17) is 10.5 Å². The molecule has 2 N–H and O–H groups in total. The van der Waals surface area contributed by atoms with E-state index in [2.05, 4.69) is 18.2 Å². The first kappa shape index (κ1) is 14.5. The van der Waals surface area contributed by atoms with Gasteiger partial charge in [-0.05, 0) is 32.4 Å². The molecular formula is C17H20FNO. The summed E-state index contributed by atoms with van der Waals surface area (Å²) in [6.45, 7) is 6.29. The van der Waals surface area contributed by atoms with Gasteiger partial charge >= 0.3 is 0 Å². The maximum absolute atomic E-state index is 13.8. The van der Waals surface area contributed by atoms with Crippen LogP contribution in [0.2, 0.25) is 0 Å². The van der Waals surface area contributed by atoms with Crippen LogP contribution in [0.3, 0.4) is 0 Å². The fourth-order valence-electron chi connectivity index (χ4n) is 2.29. The average molecular weight is 273 g/mol. The second-order valence-corrected chi connectivity index (χ2v) is 5.26. The quantitative estimate of drug-likeness (QED) is 0.912. The summed E-state index contributed by atoms with van der Waals surface area (Å²) < 4.78 is 19.4. The van der Waals surface area contributed by atoms with Crippen LogP contribution in [-0.4, -0.2) is 0 Å². The van der Waals surface area contributed by atoms with Gasteiger partial charge in [0.15, 0.2) is 0 Å². The van der Waals surface area contributed by atoms with Gasteiger partial charge in [0.2, 0.25) is 0 Å². The highest BCUT2D eigenvalue weighted by atomic mass is 19.1. The molecule has 1 atom stereocenters. The molecule has 2 aromatic carbocycles. The van der Waals surface area contributed by atoms with Crippen LogP contribution in [0.5, 0.6) is 5.75 Å². The summed E-state index contributed by atoms with van der Waals surface area (Å²) >= 11 is 0. The summed E-state index contributed by atoms with van der Waals surface area (Å²) in [5, 5.41) is 0. The van der Waals surface area contributed by atoms with Crippen LogP contribution in [0.4, 0.5) is 4.39 Å². The van der Waals surface area contributed by atoms with E-state index in [9.17, 15) is 4.39 Å². The SMILES string of the molecule is Cc1cc(C)cc(COc2ccc([C@@H](C)N)c(F)c2)c1. The molecule has 0 amide bonds. The Morgan fingerprint density at radius 1 is 1.10 bits per heavy atom. The summed E-state index contributed by atoms with van der Waals surface area (Å²) in [5.41, 5.74) is 9.66. The largest absolute Gasteiger partial charge is 0.489 e. The number of halogens is 1. The van der Waals surface area contributed by atoms with Gasteiger partial charge in [-0.1, -0.05) is 35.4 Å². The van der Waals surface area contributed by atoms with Gasteiger partial charge in [-0.3, -0.25) is 0 Å². The topological polar surface area (TPSA) is 35.2 Å². The second-order valence-electron chi connectivity index (χ2n) is 5.26. The van der Waals surface area contributed by atoms with Crippen LogP contribution in [0.15, 0.2) is 36.4 Å². The molecule has 0 spiro atoms. The van der Waals surface area contributed by atoms with Gasteiger partial charge in [-0.15, -0.1) is 0 Å². The van der Waals surface area contributed by atoms with E-state index in [1.807, 2.05) is 13.8 Å². The third kappa shape index (κ3) is 3.58. The predicted octanol–water partition coefficient (Wildman–Crippen LogP) is 4.04. The lowest BCUT2D eigenvalue weighted by Gasteiger charge is -2.11. The second kappa shape index (κ2) is 6.06. The normalized spacial score (nSPS) is 12.2. The standard InChI is InChI=1S/C17H20FNO/c1-11-6-12(2)8-14(7-11)10-20-15-4-5-16(13(3)19)17(18)9-15/h4-9,13H,10,19H2,1-3H3/t13-/m1/s1. The number of aryl methyl sites for hydroxylation is 2. The van der Waals surface area contributed by atoms with E-state index in [-0.39, 0.29) is 11.9 Å². The van der Waals surface area contributed by atoms with Crippen molar-refractivity contribution in [2.75, 3.05) is 0 Å². The fraction of sp³-hybridized carbons (Fsp3) is 0.294. The first-order valence-corrected chi connectivity index (χ1v) is 6.70. The summed E-state index contributed by atoms with van der Waals surface area (Å²) in [6.07, 6.45) is 0. The van der Waals surface area contributed by atoms with Crippen LogP contribution in [0.25, 0.3) is 0 Å². The van der Waals surface area contributed by atoms with E-state index >= 15 is 0 Å². The number of benzene rings is 2. The Hall–Kier alpha value is -1.87. The molecule has 0 unspecified atom stereocenters. The first-order chi connectivity index (χ1) is 9.45. The molecule has 20 heavy (non-hydrogen) atoms. The lowest BCUT2D eigenvalue weighted by atomic mass is 10.1. The zero-order valence-electron chi connectivity index (χ0n) is 12.1. The zero-order valence-corrected chi connectivity index (χ0v) is 12.1. The molecule has 0 heterocycles. The Kier molecular flexibility index (Phi) is 4.40. The van der Waals surface area contributed by atoms with E-state index in [0.29, 0.717) is 17.9 Å². The van der Waals surface area contributed by atoms with Crippen LogP contribution in [0.1, 0.15) is 35.2 Å². The van der Waals surface area contributed by atoms with Crippen LogP contribution in [-0.2, 0) is 6.61 Å². The number of rotatable bonds is 4. The minimum Gasteiger partial charge on any atom is -0.489 e. The molecule has 2 nitrogen and oxygen atoms in total. The van der Waals surface area contributed by atoms with Gasteiger partial charge in [0, 0.05) is 17.7 Å². The Morgan fingerprint density at radius 3 is 2.30 bits per heavy atom. The molecule has 0 aliphatic carbocycles. The van der Waals surface area contributed by atoms with Gasteiger partial charge in [0.25, 0.3) is 0 Å². The highest BCUT2D eigenvalue weighted by molar-refractivity contribution is 5.32. The molecule has 0 bridgehead atoms. The average Bonchev–Trinajstić information content (AvgIpc) is 2.35. The molecule has 2 aromatic rings. The Bertz CT molecular complexity index is 588. The summed E-state index contributed by atoms with van der Waals surface area (Å²) in [7, 11) is 0. The number of hydrogen-bond donors (Lipinski definition) is 1. The van der Waals surface area contributed by atoms with Crippen molar-refractivity contribution < 1.29 is 9.13 Å². The highest BCUT2D eigenvalue weighted by Crippen LogP contribution is 2.21. The van der Waals surface area contributed by atoms with Crippen molar-refractivity contribution in [3.05, 3.63) is 64.5 Å². The molecule has 0 aliphatic rings. The van der Waals surface area contributed by atoms with Crippen LogP contribution in [0, 0.1) is 19.7 Å². The maximum atomic E-state index is 13.8. The third-order valence-corrected chi connectivity index (χ3v) is 3.15. The van der Waals surface area contributed by atoms with Crippen molar-refractivity contribution in [1.82, 2.24) is 0 Å². The number of hydrogen-bond acceptors (Lipinski definition) is 2. The molecule has 3 heteroatoms. The van der Waals surface area contributed by atoms with Gasteiger partial charge < -0.3 is 10.5 Å². The summed E-state index contributed by atoms with van der Waals surface area (Å²) in [5.74, 6) is 0.198. The number of ether oxygens (including phenoxy) is 1. The van der Waals surface area contributed by atoms with E-state index in [1.165, 1.54) is 17.2 Å². The highest BCUT2D eigenvalue weighted by Gasteiger charge is 2.08. The minimum atomic E-state index is -0.321. The fourth-order valence-corrected chi connectivity index (χ4v) is 2.29. The van der Waals surface area contributed by atoms with Crippen molar-refractivity contribution in [2.45, 2.75) is 33.4 Å². The van der Waals surface area contributed by atoms with Gasteiger partial charge in [0.05, 0.1) is 0 Å². The summed E-state index contributed by atoms with van der Waals surface area (Å²) in [4.78, 5) is 0. The van der Waals surface area contributed by atoms with E-state index < -0.39 is 0 Å². The monoisotopic (exact) mass is 273 g/mol. The van der Waals surface area contributed by atoms with Crippen LogP contribution >= 0.6 is 0 Å². The Balaban J connectivity index is 2.09. The van der Waals surface area contributed by atoms with Gasteiger partial charge in [0.1, 0.15) is 18.2 Å². The molecule has 0 saturated carbocycles. The van der Waals surface area contributed by atoms with Crippen molar-refractivity contribution in [3.8, 4) is 5.75 Å². The lowest BCUT2D eigenvalue weighted by Crippen LogP contribution is -2.07. The molecule has 0 fully saturated rings. The molecule has 106 valence electrons. The molecule has 2 rings (SSSR count). The smallest absolute Gasteiger partial charge is 0.131 e. The van der Waals surface area contributed by atoms with Crippen molar-refractivity contribution in [1.29, 1.82) is 0 Å². The first-order valence-electron chi connectivity index (χ1n) is 6.70. The van der Waals surface area contributed by atoms with Crippen molar-refractivity contribution in [2.24, 2.45) is 5.73 Å². The summed E-state index contributed by atoms with van der Waals surface area (Å²) in [6, 6.07) is 10.8. The molecule has 0 aliphatic heterocycles. The Labute approximate surface area is 119 Å². The third-order valence-electron chi connectivity index (χ3n) is 3.15. The van der Waals surface area contributed by atoms with Crippen LogP contribution < -0.4 is 10.5 Å². The molecule has 0 radical (unpaired) electrons. The van der Waals surface area contributed by atoms with E-state index in [0.717, 1.165) is 5.56 Å². The molecular weight excluding hydrogens is 253 g/mol. The van der Waals surface area contributed by atoms with Crippen molar-refractivity contribution >= 4 is 0 Å². The predicted molar refractivity (Wildman–Crippen MR) is 79.3 cm³/mol. The Morgan fingerprint density at radius 2 is 1.75 bits per heavy atom. The van der Waals surface area contributed by atoms with E-state index in [1.54, 1.807) is 19.1 Å². The molecule has 0 saturated heterocycles. The van der Waals surface area contributed by atoms with Gasteiger partial charge in [-0.25, -0.2) is 4.39 Å².